The van der Waals surface area contributed by atoms with Crippen molar-refractivity contribution in [3.05, 3.63) is 242 Å². The first-order valence-electron chi connectivity index (χ1n) is 22.8. The van der Waals surface area contributed by atoms with Crippen LogP contribution in [0.2, 0.25) is 0 Å². The Kier molecular flexibility index (Phi) is 8.56. The number of anilines is 3. The van der Waals surface area contributed by atoms with E-state index in [1.165, 1.54) is 49.7 Å². The quantitative estimate of drug-likeness (QED) is 0.159. The smallest absolute Gasteiger partial charge is 0.143 e. The van der Waals surface area contributed by atoms with Crippen LogP contribution in [-0.4, -0.2) is 4.57 Å². The van der Waals surface area contributed by atoms with Gasteiger partial charge in [0.1, 0.15) is 11.2 Å². The van der Waals surface area contributed by atoms with Gasteiger partial charge in [-0.05, 0) is 129 Å². The molecular weight excluding hydrogens is 801 g/mol. The Balaban J connectivity index is 0.954. The monoisotopic (exact) mass is 844 g/mol. The van der Waals surface area contributed by atoms with Crippen LogP contribution in [0, 0.1) is 0 Å². The minimum Gasteiger partial charge on any atom is -0.455 e. The lowest BCUT2D eigenvalue weighted by Crippen LogP contribution is -2.16. The number of nitrogens with zero attached hydrogens (tertiary/aromatic N) is 2. The third-order valence-electron chi connectivity index (χ3n) is 14.0. The minimum atomic E-state index is -0.120. The molecule has 3 heteroatoms. The summed E-state index contributed by atoms with van der Waals surface area (Å²) >= 11 is 0. The van der Waals surface area contributed by atoms with Crippen LogP contribution in [0.25, 0.3) is 93.9 Å². The highest BCUT2D eigenvalue weighted by molar-refractivity contribution is 6.14. The van der Waals surface area contributed by atoms with Crippen LogP contribution in [0.15, 0.2) is 235 Å². The zero-order valence-corrected chi connectivity index (χ0v) is 36.7. The van der Waals surface area contributed by atoms with Gasteiger partial charge in [0.05, 0.1) is 11.0 Å². The average molecular weight is 845 g/mol. The number of aromatic nitrogens is 1. The van der Waals surface area contributed by atoms with E-state index < -0.39 is 0 Å². The van der Waals surface area contributed by atoms with Crippen molar-refractivity contribution < 1.29 is 4.42 Å². The lowest BCUT2D eigenvalue weighted by molar-refractivity contribution is 0.660. The lowest BCUT2D eigenvalue weighted by Gasteiger charge is -2.28. The number of hydrogen-bond donors (Lipinski definition) is 0. The minimum absolute atomic E-state index is 0.120. The van der Waals surface area contributed by atoms with Crippen molar-refractivity contribution in [1.29, 1.82) is 0 Å². The Morgan fingerprint density at radius 3 is 1.71 bits per heavy atom. The fraction of sp³-hybridized carbons (Fsp3) is 0.0476. The van der Waals surface area contributed by atoms with Gasteiger partial charge in [-0.2, -0.15) is 0 Å². The second kappa shape index (κ2) is 14.8. The van der Waals surface area contributed by atoms with Gasteiger partial charge in [0.15, 0.2) is 0 Å². The molecule has 3 nitrogen and oxygen atoms in total. The Bertz CT molecular complexity index is 3820. The summed E-state index contributed by atoms with van der Waals surface area (Å²) in [4.78, 5) is 2.40. The van der Waals surface area contributed by atoms with Crippen molar-refractivity contribution in [2.45, 2.75) is 19.3 Å². The van der Waals surface area contributed by atoms with Crippen molar-refractivity contribution in [3.8, 4) is 50.2 Å². The SMILES string of the molecule is CC1(C)c2ccccc2-c2ccc(N(c3ccc(-c4ccccc4)cc3)c3ccc(-c4cc(-c5ccc6c7ccccc7n(-c7ccccc7)c6c5)c5oc6ccccc6c5c4)cc3)cc21. The number of rotatable bonds is 7. The van der Waals surface area contributed by atoms with Gasteiger partial charge in [-0.3, -0.25) is 0 Å². The molecule has 66 heavy (non-hydrogen) atoms. The maximum Gasteiger partial charge on any atom is 0.143 e. The molecule has 0 unspecified atom stereocenters. The Morgan fingerprint density at radius 1 is 0.364 bits per heavy atom. The van der Waals surface area contributed by atoms with Crippen LogP contribution in [0.5, 0.6) is 0 Å². The molecule has 12 aromatic rings. The molecule has 0 amide bonds. The van der Waals surface area contributed by atoms with Crippen molar-refractivity contribution in [3.63, 3.8) is 0 Å². The predicted molar refractivity (Wildman–Crippen MR) is 277 cm³/mol. The molecule has 312 valence electrons. The average Bonchev–Trinajstić information content (AvgIpc) is 4.00. The molecular formula is C63H44N2O. The molecule has 0 saturated heterocycles. The maximum absolute atomic E-state index is 6.75. The molecule has 0 N–H and O–H groups in total. The Hall–Kier alpha value is -8.40. The Labute approximate surface area is 384 Å². The first kappa shape index (κ1) is 38.1. The lowest BCUT2D eigenvalue weighted by atomic mass is 9.82. The van der Waals surface area contributed by atoms with Crippen LogP contribution in [0.4, 0.5) is 17.1 Å². The van der Waals surface area contributed by atoms with E-state index in [9.17, 15) is 0 Å². The first-order chi connectivity index (χ1) is 32.5. The summed E-state index contributed by atoms with van der Waals surface area (Å²) in [5.41, 5.74) is 20.7. The molecule has 0 bridgehead atoms. The van der Waals surface area contributed by atoms with Gasteiger partial charge in [0.2, 0.25) is 0 Å². The van der Waals surface area contributed by atoms with Crippen molar-refractivity contribution in [1.82, 2.24) is 4.57 Å². The molecule has 1 aliphatic rings. The summed E-state index contributed by atoms with van der Waals surface area (Å²) in [6.07, 6.45) is 0. The van der Waals surface area contributed by atoms with Gasteiger partial charge in [0.25, 0.3) is 0 Å². The highest BCUT2D eigenvalue weighted by Gasteiger charge is 2.35. The second-order valence-corrected chi connectivity index (χ2v) is 18.1. The molecule has 2 heterocycles. The third kappa shape index (κ3) is 5.97. The highest BCUT2D eigenvalue weighted by Crippen LogP contribution is 2.51. The van der Waals surface area contributed by atoms with Gasteiger partial charge in [-0.1, -0.05) is 166 Å². The van der Waals surface area contributed by atoms with Crippen LogP contribution in [0.1, 0.15) is 25.0 Å². The fourth-order valence-corrected chi connectivity index (χ4v) is 10.7. The summed E-state index contributed by atoms with van der Waals surface area (Å²) in [6.45, 7) is 4.70. The maximum atomic E-state index is 6.75. The normalized spacial score (nSPS) is 12.8. The summed E-state index contributed by atoms with van der Waals surface area (Å²) in [5, 5.41) is 4.67. The number of para-hydroxylation sites is 3. The molecule has 2 aromatic heterocycles. The van der Waals surface area contributed by atoms with E-state index in [1.807, 2.05) is 0 Å². The number of furan rings is 1. The van der Waals surface area contributed by atoms with Gasteiger partial charge in [0, 0.05) is 55.3 Å². The van der Waals surface area contributed by atoms with Gasteiger partial charge < -0.3 is 13.9 Å². The van der Waals surface area contributed by atoms with E-state index >= 15 is 0 Å². The van der Waals surface area contributed by atoms with E-state index in [0.717, 1.165) is 72.5 Å². The number of hydrogen-bond acceptors (Lipinski definition) is 2. The van der Waals surface area contributed by atoms with Crippen molar-refractivity contribution in [2.24, 2.45) is 0 Å². The number of fused-ring (bicyclic) bond motifs is 9. The summed E-state index contributed by atoms with van der Waals surface area (Å²) in [5.74, 6) is 0. The molecule has 0 fully saturated rings. The molecule has 0 saturated carbocycles. The molecule has 1 aliphatic carbocycles. The van der Waals surface area contributed by atoms with Crippen LogP contribution < -0.4 is 4.90 Å². The van der Waals surface area contributed by atoms with Crippen molar-refractivity contribution >= 4 is 60.8 Å². The van der Waals surface area contributed by atoms with E-state index in [-0.39, 0.29) is 5.41 Å². The van der Waals surface area contributed by atoms with Gasteiger partial charge in [-0.15, -0.1) is 0 Å². The van der Waals surface area contributed by atoms with Gasteiger partial charge in [-0.25, -0.2) is 0 Å². The van der Waals surface area contributed by atoms with Crippen molar-refractivity contribution in [2.75, 3.05) is 4.90 Å². The highest BCUT2D eigenvalue weighted by atomic mass is 16.3. The van der Waals surface area contributed by atoms with E-state index in [4.69, 9.17) is 4.42 Å². The Morgan fingerprint density at radius 2 is 0.939 bits per heavy atom. The molecule has 0 radical (unpaired) electrons. The summed E-state index contributed by atoms with van der Waals surface area (Å²) < 4.78 is 9.14. The molecule has 0 atom stereocenters. The first-order valence-corrected chi connectivity index (χ1v) is 22.8. The number of benzene rings is 10. The molecule has 10 aromatic carbocycles. The standard InChI is InChI=1S/C63H44N2O/c1-63(2)57-22-12-9-19-50(57)51-36-34-49(40-58(51)63)64(47-30-25-42(26-31-47)41-15-5-3-6-16-41)48-32-27-43(28-33-48)45-37-55(62-56(38-45)54-21-11-14-24-61(54)66-62)44-29-35-53-52-20-10-13-23-59(52)65(60(53)39-44)46-17-7-4-8-18-46/h3-40H,1-2H3. The molecule has 13 rings (SSSR count). The van der Waals surface area contributed by atoms with Crippen LogP contribution in [-0.2, 0) is 5.41 Å². The predicted octanol–water partition coefficient (Wildman–Crippen LogP) is 17.5. The molecule has 0 aliphatic heterocycles. The van der Waals surface area contributed by atoms with Gasteiger partial charge >= 0.3 is 0 Å². The topological polar surface area (TPSA) is 21.3 Å². The fourth-order valence-electron chi connectivity index (χ4n) is 10.7. The molecule has 0 spiro atoms. The van der Waals surface area contributed by atoms with Crippen LogP contribution in [0.3, 0.4) is 0 Å². The van der Waals surface area contributed by atoms with E-state index in [2.05, 4.69) is 254 Å². The summed E-state index contributed by atoms with van der Waals surface area (Å²) in [7, 11) is 0. The third-order valence-corrected chi connectivity index (χ3v) is 14.0. The zero-order chi connectivity index (χ0) is 43.9. The second-order valence-electron chi connectivity index (χ2n) is 18.1. The van der Waals surface area contributed by atoms with E-state index in [0.29, 0.717) is 0 Å². The summed E-state index contributed by atoms with van der Waals surface area (Å²) in [6, 6.07) is 83.8. The van der Waals surface area contributed by atoms with E-state index in [1.54, 1.807) is 0 Å². The van der Waals surface area contributed by atoms with Crippen LogP contribution >= 0.6 is 0 Å². The zero-order valence-electron chi connectivity index (χ0n) is 36.7. The largest absolute Gasteiger partial charge is 0.455 e.